The minimum Gasteiger partial charge on any atom is -0.391 e. The van der Waals surface area contributed by atoms with Crippen LogP contribution in [0.3, 0.4) is 0 Å². The van der Waals surface area contributed by atoms with Crippen molar-refractivity contribution >= 4 is 0 Å². The Morgan fingerprint density at radius 1 is 1.73 bits per heavy atom. The molecule has 1 aromatic rings. The van der Waals surface area contributed by atoms with Crippen LogP contribution >= 0.6 is 0 Å². The third kappa shape index (κ3) is 2.28. The molecule has 1 rings (SSSR count). The van der Waals surface area contributed by atoms with E-state index < -0.39 is 6.10 Å². The summed E-state index contributed by atoms with van der Waals surface area (Å²) in [6.07, 6.45) is 1.16. The van der Waals surface area contributed by atoms with E-state index in [0.717, 1.165) is 0 Å². The van der Waals surface area contributed by atoms with Crippen molar-refractivity contribution in [3.05, 3.63) is 11.9 Å². The van der Waals surface area contributed by atoms with E-state index in [1.807, 2.05) is 0 Å². The summed E-state index contributed by atoms with van der Waals surface area (Å²) in [6.45, 7) is 1.97. The van der Waals surface area contributed by atoms with Gasteiger partial charge in [-0.25, -0.2) is 4.68 Å². The van der Waals surface area contributed by atoms with E-state index >= 15 is 0 Å². The predicted octanol–water partition coefficient (Wildman–Crippen LogP) is -0.849. The molecule has 0 amide bonds. The average Bonchev–Trinajstić information content (AvgIpc) is 2.34. The monoisotopic (exact) mass is 157 g/mol. The van der Waals surface area contributed by atoms with Crippen LogP contribution in [0.1, 0.15) is 12.6 Å². The molecule has 62 valence electrons. The quantitative estimate of drug-likeness (QED) is 0.599. The third-order valence-electron chi connectivity index (χ3n) is 1.20. The molecule has 0 fully saturated rings. The topological polar surface area (TPSA) is 71.2 Å². The number of hydrogen-bond donors (Lipinski definition) is 2. The molecule has 0 saturated heterocycles. The van der Waals surface area contributed by atoms with E-state index in [0.29, 0.717) is 12.2 Å². The summed E-state index contributed by atoms with van der Waals surface area (Å²) < 4.78 is 1.50. The zero-order valence-corrected chi connectivity index (χ0v) is 6.30. The molecule has 0 aliphatic rings. The number of aliphatic hydroxyl groups is 2. The lowest BCUT2D eigenvalue weighted by molar-refractivity contribution is 0.167. The Morgan fingerprint density at radius 2 is 2.45 bits per heavy atom. The van der Waals surface area contributed by atoms with Gasteiger partial charge in [0.1, 0.15) is 5.69 Å². The van der Waals surface area contributed by atoms with Gasteiger partial charge in [-0.3, -0.25) is 0 Å². The van der Waals surface area contributed by atoms with Gasteiger partial charge < -0.3 is 10.2 Å². The Balaban J connectivity index is 2.58. The largest absolute Gasteiger partial charge is 0.391 e. The van der Waals surface area contributed by atoms with Gasteiger partial charge in [0.2, 0.25) is 0 Å². The molecule has 0 radical (unpaired) electrons. The second-order valence-corrected chi connectivity index (χ2v) is 2.44. The van der Waals surface area contributed by atoms with Crippen LogP contribution in [-0.4, -0.2) is 31.3 Å². The summed E-state index contributed by atoms with van der Waals surface area (Å²) in [5.41, 5.74) is 0.519. The Kier molecular flexibility index (Phi) is 2.56. The first kappa shape index (κ1) is 8.16. The van der Waals surface area contributed by atoms with Crippen LogP contribution in [0.4, 0.5) is 0 Å². The second kappa shape index (κ2) is 3.45. The first-order valence-electron chi connectivity index (χ1n) is 3.40. The van der Waals surface area contributed by atoms with Gasteiger partial charge in [-0.15, -0.1) is 5.10 Å². The van der Waals surface area contributed by atoms with E-state index in [9.17, 15) is 0 Å². The molecule has 0 spiro atoms. The molecule has 1 aromatic heterocycles. The molecule has 1 heterocycles. The number of aromatic nitrogens is 3. The average molecular weight is 157 g/mol. The Labute approximate surface area is 64.3 Å². The fraction of sp³-hybridized carbons (Fsp3) is 0.667. The van der Waals surface area contributed by atoms with Crippen LogP contribution in [0.25, 0.3) is 0 Å². The first-order valence-corrected chi connectivity index (χ1v) is 3.40. The lowest BCUT2D eigenvalue weighted by Gasteiger charge is -2.00. The van der Waals surface area contributed by atoms with Crippen molar-refractivity contribution in [2.75, 3.05) is 0 Å². The highest BCUT2D eigenvalue weighted by Crippen LogP contribution is 1.93. The van der Waals surface area contributed by atoms with Crippen molar-refractivity contribution in [2.24, 2.45) is 0 Å². The van der Waals surface area contributed by atoms with Crippen molar-refractivity contribution in [1.29, 1.82) is 0 Å². The molecule has 11 heavy (non-hydrogen) atoms. The van der Waals surface area contributed by atoms with Crippen LogP contribution < -0.4 is 0 Å². The van der Waals surface area contributed by atoms with Gasteiger partial charge in [0.05, 0.1) is 25.5 Å². The molecule has 0 bridgehead atoms. The molecule has 0 aliphatic heterocycles. The van der Waals surface area contributed by atoms with Crippen LogP contribution in [0.2, 0.25) is 0 Å². The van der Waals surface area contributed by atoms with E-state index in [1.54, 1.807) is 13.1 Å². The van der Waals surface area contributed by atoms with Crippen LogP contribution in [-0.2, 0) is 13.2 Å². The fourth-order valence-electron chi connectivity index (χ4n) is 0.771. The SMILES string of the molecule is CC(O)Cn1cc(CO)nn1. The van der Waals surface area contributed by atoms with Crippen molar-refractivity contribution in [3.63, 3.8) is 0 Å². The molecule has 1 atom stereocenters. The molecule has 0 aromatic carbocycles. The predicted molar refractivity (Wildman–Crippen MR) is 37.6 cm³/mol. The minimum absolute atomic E-state index is 0.111. The summed E-state index contributed by atoms with van der Waals surface area (Å²) in [6, 6.07) is 0. The van der Waals surface area contributed by atoms with Crippen LogP contribution in [0.15, 0.2) is 6.20 Å². The smallest absolute Gasteiger partial charge is 0.108 e. The van der Waals surface area contributed by atoms with Gasteiger partial charge in [-0.1, -0.05) is 5.21 Å². The van der Waals surface area contributed by atoms with Crippen molar-refractivity contribution in [1.82, 2.24) is 15.0 Å². The summed E-state index contributed by atoms with van der Waals surface area (Å²) in [4.78, 5) is 0. The summed E-state index contributed by atoms with van der Waals surface area (Å²) in [5.74, 6) is 0. The summed E-state index contributed by atoms with van der Waals surface area (Å²) in [7, 11) is 0. The minimum atomic E-state index is -0.441. The van der Waals surface area contributed by atoms with Crippen molar-refractivity contribution < 1.29 is 10.2 Å². The molecular formula is C6H11N3O2. The lowest BCUT2D eigenvalue weighted by Crippen LogP contribution is -2.11. The van der Waals surface area contributed by atoms with Gasteiger partial charge in [-0.05, 0) is 6.92 Å². The maximum atomic E-state index is 8.94. The molecule has 2 N–H and O–H groups in total. The van der Waals surface area contributed by atoms with Gasteiger partial charge in [0.25, 0.3) is 0 Å². The van der Waals surface area contributed by atoms with Crippen molar-refractivity contribution in [3.8, 4) is 0 Å². The van der Waals surface area contributed by atoms with Gasteiger partial charge in [0.15, 0.2) is 0 Å². The van der Waals surface area contributed by atoms with Gasteiger partial charge in [0, 0.05) is 0 Å². The first-order chi connectivity index (χ1) is 5.22. The number of nitrogens with zero attached hydrogens (tertiary/aromatic N) is 3. The van der Waals surface area contributed by atoms with E-state index in [1.165, 1.54) is 4.68 Å². The van der Waals surface area contributed by atoms with E-state index in [4.69, 9.17) is 10.2 Å². The van der Waals surface area contributed by atoms with Crippen LogP contribution in [0, 0.1) is 0 Å². The molecule has 5 heteroatoms. The Hall–Kier alpha value is -0.940. The molecule has 1 unspecified atom stereocenters. The second-order valence-electron chi connectivity index (χ2n) is 2.44. The number of rotatable bonds is 3. The highest BCUT2D eigenvalue weighted by Gasteiger charge is 2.00. The summed E-state index contributed by atoms with van der Waals surface area (Å²) in [5, 5.41) is 24.9. The Bertz CT molecular complexity index is 221. The summed E-state index contributed by atoms with van der Waals surface area (Å²) >= 11 is 0. The van der Waals surface area contributed by atoms with Gasteiger partial charge in [-0.2, -0.15) is 0 Å². The van der Waals surface area contributed by atoms with Gasteiger partial charge >= 0.3 is 0 Å². The standard InChI is InChI=1S/C6H11N3O2/c1-5(11)2-9-3-6(4-10)7-8-9/h3,5,10-11H,2,4H2,1H3. The lowest BCUT2D eigenvalue weighted by atomic mass is 10.4. The van der Waals surface area contributed by atoms with Crippen molar-refractivity contribution in [2.45, 2.75) is 26.2 Å². The Morgan fingerprint density at radius 3 is 2.91 bits per heavy atom. The fourth-order valence-corrected chi connectivity index (χ4v) is 0.771. The maximum absolute atomic E-state index is 8.94. The zero-order chi connectivity index (χ0) is 8.27. The normalized spacial score (nSPS) is 13.4. The maximum Gasteiger partial charge on any atom is 0.108 e. The highest BCUT2D eigenvalue weighted by atomic mass is 16.3. The number of aliphatic hydroxyl groups excluding tert-OH is 2. The molecule has 0 saturated carbocycles. The molecule has 5 nitrogen and oxygen atoms in total. The van der Waals surface area contributed by atoms with E-state index in [-0.39, 0.29) is 6.61 Å². The number of hydrogen-bond acceptors (Lipinski definition) is 4. The van der Waals surface area contributed by atoms with Crippen LogP contribution in [0.5, 0.6) is 0 Å². The van der Waals surface area contributed by atoms with E-state index in [2.05, 4.69) is 10.3 Å². The highest BCUT2D eigenvalue weighted by molar-refractivity contribution is 4.88. The zero-order valence-electron chi connectivity index (χ0n) is 6.30. The molecule has 0 aliphatic carbocycles. The molecular weight excluding hydrogens is 146 g/mol. The third-order valence-corrected chi connectivity index (χ3v) is 1.20.